The van der Waals surface area contributed by atoms with Crippen LogP contribution < -0.4 is 0 Å². The standard InChI is InChI=1S/C13H25NO2/c1-12(2,3)9-13(15)5-10-7-16-8-11(6-13)14(10)4/h10-11,15H,5-9H2,1-4H3. The Bertz CT molecular complexity index is 245. The molecular weight excluding hydrogens is 202 g/mol. The van der Waals surface area contributed by atoms with E-state index in [9.17, 15) is 5.11 Å². The summed E-state index contributed by atoms with van der Waals surface area (Å²) in [6.07, 6.45) is 2.61. The molecule has 2 bridgehead atoms. The maximum Gasteiger partial charge on any atom is 0.0684 e. The first-order valence-electron chi connectivity index (χ1n) is 6.31. The molecule has 0 radical (unpaired) electrons. The van der Waals surface area contributed by atoms with Gasteiger partial charge in [-0.15, -0.1) is 0 Å². The second kappa shape index (κ2) is 3.97. The minimum absolute atomic E-state index is 0.194. The Morgan fingerprint density at radius 1 is 1.25 bits per heavy atom. The summed E-state index contributed by atoms with van der Waals surface area (Å²) >= 11 is 0. The largest absolute Gasteiger partial charge is 0.390 e. The molecule has 94 valence electrons. The molecule has 0 amide bonds. The molecule has 2 aliphatic rings. The van der Waals surface area contributed by atoms with E-state index in [1.807, 2.05) is 0 Å². The number of hydrogen-bond donors (Lipinski definition) is 1. The summed E-state index contributed by atoms with van der Waals surface area (Å²) < 4.78 is 5.58. The average Bonchev–Trinajstić information content (AvgIpc) is 2.04. The van der Waals surface area contributed by atoms with E-state index in [0.717, 1.165) is 32.5 Å². The van der Waals surface area contributed by atoms with Crippen LogP contribution in [0.5, 0.6) is 0 Å². The smallest absolute Gasteiger partial charge is 0.0684 e. The average molecular weight is 227 g/mol. The van der Waals surface area contributed by atoms with Crippen LogP contribution in [0.1, 0.15) is 40.0 Å². The van der Waals surface area contributed by atoms with Gasteiger partial charge in [0.2, 0.25) is 0 Å². The number of piperidine rings is 1. The second-order valence-electron chi connectivity index (χ2n) is 6.88. The predicted molar refractivity (Wildman–Crippen MR) is 64.4 cm³/mol. The molecule has 0 aliphatic carbocycles. The third-order valence-corrected chi connectivity index (χ3v) is 3.86. The molecular formula is C13H25NO2. The van der Waals surface area contributed by atoms with Crippen LogP contribution in [0, 0.1) is 5.41 Å². The maximum absolute atomic E-state index is 10.7. The van der Waals surface area contributed by atoms with Gasteiger partial charge in [0.1, 0.15) is 0 Å². The van der Waals surface area contributed by atoms with Gasteiger partial charge in [-0.05, 0) is 31.7 Å². The lowest BCUT2D eigenvalue weighted by molar-refractivity contribution is -0.144. The van der Waals surface area contributed by atoms with Crippen LogP contribution >= 0.6 is 0 Å². The van der Waals surface area contributed by atoms with E-state index < -0.39 is 5.60 Å². The first kappa shape index (κ1) is 12.3. The summed E-state index contributed by atoms with van der Waals surface area (Å²) in [4.78, 5) is 2.39. The van der Waals surface area contributed by atoms with E-state index >= 15 is 0 Å². The van der Waals surface area contributed by atoms with E-state index in [2.05, 4.69) is 32.7 Å². The maximum atomic E-state index is 10.7. The quantitative estimate of drug-likeness (QED) is 0.739. The molecule has 3 heteroatoms. The van der Waals surface area contributed by atoms with Gasteiger partial charge in [-0.3, -0.25) is 4.90 Å². The monoisotopic (exact) mass is 227 g/mol. The number of rotatable bonds is 1. The highest BCUT2D eigenvalue weighted by Crippen LogP contribution is 2.40. The normalized spacial score (nSPS) is 41.1. The zero-order valence-electron chi connectivity index (χ0n) is 11.0. The fourth-order valence-electron chi connectivity index (χ4n) is 3.37. The number of likely N-dealkylation sites (N-methyl/N-ethyl adjacent to an activating group) is 1. The Kier molecular flexibility index (Phi) is 3.06. The van der Waals surface area contributed by atoms with Crippen LogP contribution in [0.2, 0.25) is 0 Å². The van der Waals surface area contributed by atoms with Gasteiger partial charge in [-0.2, -0.15) is 0 Å². The second-order valence-corrected chi connectivity index (χ2v) is 6.88. The number of ether oxygens (including phenoxy) is 1. The molecule has 0 aromatic rings. The fraction of sp³-hybridized carbons (Fsp3) is 1.00. The van der Waals surface area contributed by atoms with Crippen LogP contribution in [0.3, 0.4) is 0 Å². The van der Waals surface area contributed by atoms with Crippen LogP contribution in [0.4, 0.5) is 0 Å². The molecule has 2 aliphatic heterocycles. The van der Waals surface area contributed by atoms with Crippen LogP contribution in [0.15, 0.2) is 0 Å². The zero-order chi connectivity index (χ0) is 12.0. The first-order valence-corrected chi connectivity index (χ1v) is 6.31. The van der Waals surface area contributed by atoms with Crippen molar-refractivity contribution >= 4 is 0 Å². The molecule has 16 heavy (non-hydrogen) atoms. The molecule has 2 rings (SSSR count). The number of morpholine rings is 1. The van der Waals surface area contributed by atoms with E-state index in [1.165, 1.54) is 0 Å². The Morgan fingerprint density at radius 3 is 2.19 bits per heavy atom. The highest BCUT2D eigenvalue weighted by atomic mass is 16.5. The van der Waals surface area contributed by atoms with Crippen molar-refractivity contribution in [3.63, 3.8) is 0 Å². The third-order valence-electron chi connectivity index (χ3n) is 3.86. The van der Waals surface area contributed by atoms with E-state index in [-0.39, 0.29) is 5.41 Å². The number of nitrogens with zero attached hydrogens (tertiary/aromatic N) is 1. The minimum Gasteiger partial charge on any atom is -0.390 e. The molecule has 0 aromatic heterocycles. The Morgan fingerprint density at radius 2 is 1.75 bits per heavy atom. The van der Waals surface area contributed by atoms with Gasteiger partial charge in [0, 0.05) is 12.1 Å². The summed E-state index contributed by atoms with van der Waals surface area (Å²) in [6.45, 7) is 8.17. The molecule has 2 fully saturated rings. The Balaban J connectivity index is 2.08. The predicted octanol–water partition coefficient (Wildman–Crippen LogP) is 1.65. The summed E-state index contributed by atoms with van der Waals surface area (Å²) in [5.74, 6) is 0. The van der Waals surface area contributed by atoms with Crippen molar-refractivity contribution in [1.82, 2.24) is 4.90 Å². The summed E-state index contributed by atoms with van der Waals surface area (Å²) in [5, 5.41) is 10.7. The molecule has 2 atom stereocenters. The number of hydrogen-bond acceptors (Lipinski definition) is 3. The van der Waals surface area contributed by atoms with Gasteiger partial charge in [-0.1, -0.05) is 20.8 Å². The molecule has 2 saturated heterocycles. The van der Waals surface area contributed by atoms with Crippen molar-refractivity contribution < 1.29 is 9.84 Å². The molecule has 0 saturated carbocycles. The lowest BCUT2D eigenvalue weighted by Crippen LogP contribution is -2.60. The van der Waals surface area contributed by atoms with Gasteiger partial charge in [0.05, 0.1) is 18.8 Å². The van der Waals surface area contributed by atoms with Gasteiger partial charge < -0.3 is 9.84 Å². The van der Waals surface area contributed by atoms with Crippen LogP contribution in [0.25, 0.3) is 0 Å². The van der Waals surface area contributed by atoms with E-state index in [4.69, 9.17) is 4.74 Å². The lowest BCUT2D eigenvalue weighted by Gasteiger charge is -2.51. The van der Waals surface area contributed by atoms with Gasteiger partial charge in [0.25, 0.3) is 0 Å². The van der Waals surface area contributed by atoms with Crippen molar-refractivity contribution in [3.05, 3.63) is 0 Å². The fourth-order valence-corrected chi connectivity index (χ4v) is 3.37. The molecule has 1 N–H and O–H groups in total. The molecule has 0 aromatic carbocycles. The Hall–Kier alpha value is -0.120. The lowest BCUT2D eigenvalue weighted by atomic mass is 9.72. The van der Waals surface area contributed by atoms with Crippen molar-refractivity contribution in [2.24, 2.45) is 5.41 Å². The minimum atomic E-state index is -0.482. The first-order chi connectivity index (χ1) is 7.29. The van der Waals surface area contributed by atoms with Crippen LogP contribution in [-0.4, -0.2) is 48.0 Å². The van der Waals surface area contributed by atoms with Crippen molar-refractivity contribution in [2.45, 2.75) is 57.7 Å². The van der Waals surface area contributed by atoms with Gasteiger partial charge in [-0.25, -0.2) is 0 Å². The molecule has 0 spiro atoms. The molecule has 2 unspecified atom stereocenters. The van der Waals surface area contributed by atoms with Crippen molar-refractivity contribution in [1.29, 1.82) is 0 Å². The van der Waals surface area contributed by atoms with E-state index in [0.29, 0.717) is 12.1 Å². The highest BCUT2D eigenvalue weighted by Gasteiger charge is 2.45. The summed E-state index contributed by atoms with van der Waals surface area (Å²) in [7, 11) is 2.16. The van der Waals surface area contributed by atoms with Gasteiger partial charge >= 0.3 is 0 Å². The van der Waals surface area contributed by atoms with Gasteiger partial charge in [0.15, 0.2) is 0 Å². The third kappa shape index (κ3) is 2.58. The molecule has 3 nitrogen and oxygen atoms in total. The number of aliphatic hydroxyl groups is 1. The molecule has 2 heterocycles. The zero-order valence-corrected chi connectivity index (χ0v) is 11.0. The van der Waals surface area contributed by atoms with E-state index in [1.54, 1.807) is 0 Å². The topological polar surface area (TPSA) is 32.7 Å². The number of fused-ring (bicyclic) bond motifs is 2. The summed E-state index contributed by atoms with van der Waals surface area (Å²) in [6, 6.07) is 0.805. The highest BCUT2D eigenvalue weighted by molar-refractivity contribution is 4.99. The van der Waals surface area contributed by atoms with Crippen molar-refractivity contribution in [3.8, 4) is 0 Å². The Labute approximate surface area is 98.8 Å². The SMILES string of the molecule is CN1C2COCC1CC(O)(CC(C)(C)C)C2. The summed E-state index contributed by atoms with van der Waals surface area (Å²) in [5.41, 5.74) is -0.288. The van der Waals surface area contributed by atoms with Crippen molar-refractivity contribution in [2.75, 3.05) is 20.3 Å². The van der Waals surface area contributed by atoms with Crippen LogP contribution in [-0.2, 0) is 4.74 Å².